The minimum Gasteiger partial charge on any atom is -0.310 e. The van der Waals surface area contributed by atoms with Gasteiger partial charge in [-0.25, -0.2) is 8.78 Å². The molecule has 1 nitrogen and oxygen atoms in total. The third-order valence-corrected chi connectivity index (χ3v) is 3.92. The van der Waals surface area contributed by atoms with E-state index in [1.807, 2.05) is 0 Å². The molecule has 1 aliphatic rings. The molecule has 4 heteroatoms. The maximum absolute atomic E-state index is 13.4. The van der Waals surface area contributed by atoms with Crippen molar-refractivity contribution >= 4 is 11.6 Å². The summed E-state index contributed by atoms with van der Waals surface area (Å²) in [5.74, 6) is -0.629. The van der Waals surface area contributed by atoms with Gasteiger partial charge in [0, 0.05) is 11.1 Å². The Morgan fingerprint density at radius 2 is 2.00 bits per heavy atom. The Morgan fingerprint density at radius 3 is 2.56 bits per heavy atom. The molecule has 1 saturated carbocycles. The fourth-order valence-electron chi connectivity index (χ4n) is 2.38. The lowest BCUT2D eigenvalue weighted by Crippen LogP contribution is -2.25. The number of halogens is 3. The number of rotatable bonds is 5. The van der Waals surface area contributed by atoms with Gasteiger partial charge in [-0.2, -0.15) is 0 Å². The Kier molecular flexibility index (Phi) is 4.23. The first-order valence-corrected chi connectivity index (χ1v) is 6.80. The maximum atomic E-state index is 13.4. The Labute approximate surface area is 112 Å². The van der Waals surface area contributed by atoms with E-state index in [2.05, 4.69) is 19.2 Å². The van der Waals surface area contributed by atoms with Crippen LogP contribution in [0.2, 0.25) is 5.02 Å². The lowest BCUT2D eigenvalue weighted by molar-refractivity contribution is 0.454. The summed E-state index contributed by atoms with van der Waals surface area (Å²) in [6.45, 7) is 5.09. The van der Waals surface area contributed by atoms with Gasteiger partial charge in [-0.15, -0.1) is 0 Å². The van der Waals surface area contributed by atoms with E-state index >= 15 is 0 Å². The van der Waals surface area contributed by atoms with Gasteiger partial charge in [-0.1, -0.05) is 25.4 Å². The molecule has 1 aliphatic carbocycles. The zero-order valence-electron chi connectivity index (χ0n) is 10.6. The summed E-state index contributed by atoms with van der Waals surface area (Å²) in [5.41, 5.74) is 0.679. The quantitative estimate of drug-likeness (QED) is 0.788. The van der Waals surface area contributed by atoms with Gasteiger partial charge < -0.3 is 5.32 Å². The predicted molar refractivity (Wildman–Crippen MR) is 69.7 cm³/mol. The minimum atomic E-state index is -0.887. The van der Waals surface area contributed by atoms with Crippen molar-refractivity contribution in [2.24, 2.45) is 11.8 Å². The average molecular weight is 274 g/mol. The highest BCUT2D eigenvalue weighted by Gasteiger charge is 2.40. The second kappa shape index (κ2) is 5.54. The summed E-state index contributed by atoms with van der Waals surface area (Å²) in [6.07, 6.45) is 2.11. The molecule has 100 valence electrons. The highest BCUT2D eigenvalue weighted by Crippen LogP contribution is 2.48. The molecule has 3 atom stereocenters. The van der Waals surface area contributed by atoms with Crippen LogP contribution in [0.3, 0.4) is 0 Å². The monoisotopic (exact) mass is 273 g/mol. The summed E-state index contributed by atoms with van der Waals surface area (Å²) >= 11 is 6.05. The molecular formula is C14H18ClF2N. The molecule has 0 aliphatic heterocycles. The second-order valence-electron chi connectivity index (χ2n) is 5.10. The van der Waals surface area contributed by atoms with Crippen molar-refractivity contribution < 1.29 is 8.78 Å². The normalized spacial score (nSPS) is 24.1. The van der Waals surface area contributed by atoms with Crippen molar-refractivity contribution in [2.75, 3.05) is 6.54 Å². The summed E-state index contributed by atoms with van der Waals surface area (Å²) in [6, 6.07) is 2.33. The van der Waals surface area contributed by atoms with Crippen LogP contribution < -0.4 is 5.32 Å². The van der Waals surface area contributed by atoms with Crippen molar-refractivity contribution in [3.05, 3.63) is 34.4 Å². The van der Waals surface area contributed by atoms with Crippen LogP contribution in [0.5, 0.6) is 0 Å². The molecule has 0 saturated heterocycles. The largest absolute Gasteiger partial charge is 0.310 e. The van der Waals surface area contributed by atoms with Gasteiger partial charge in [0.05, 0.1) is 0 Å². The molecule has 3 unspecified atom stereocenters. The number of benzene rings is 1. The first kappa shape index (κ1) is 13.8. The van der Waals surface area contributed by atoms with Crippen LogP contribution in [0.1, 0.15) is 38.3 Å². The maximum Gasteiger partial charge on any atom is 0.160 e. The first-order chi connectivity index (χ1) is 8.54. The summed E-state index contributed by atoms with van der Waals surface area (Å²) in [7, 11) is 0. The standard InChI is InChI=1S/C14H18ClF2N/c1-3-4-18-14(9-5-8(9)2)10-6-12(16)13(17)7-11(10)15/h6-9,14,18H,3-5H2,1-2H3. The van der Waals surface area contributed by atoms with E-state index < -0.39 is 11.6 Å². The Balaban J connectivity index is 2.27. The van der Waals surface area contributed by atoms with Crippen molar-refractivity contribution in [2.45, 2.75) is 32.7 Å². The third-order valence-electron chi connectivity index (χ3n) is 3.59. The van der Waals surface area contributed by atoms with E-state index in [1.165, 1.54) is 6.07 Å². The lowest BCUT2D eigenvalue weighted by atomic mass is 10.0. The van der Waals surface area contributed by atoms with Gasteiger partial charge in [-0.3, -0.25) is 0 Å². The van der Waals surface area contributed by atoms with E-state index in [0.29, 0.717) is 22.4 Å². The highest BCUT2D eigenvalue weighted by atomic mass is 35.5. The SMILES string of the molecule is CCCNC(c1cc(F)c(F)cc1Cl)C1CC1C. The van der Waals surface area contributed by atoms with Gasteiger partial charge in [-0.05, 0) is 48.9 Å². The molecule has 0 bridgehead atoms. The highest BCUT2D eigenvalue weighted by molar-refractivity contribution is 6.31. The summed E-state index contributed by atoms with van der Waals surface area (Å²) in [4.78, 5) is 0. The lowest BCUT2D eigenvalue weighted by Gasteiger charge is -2.20. The summed E-state index contributed by atoms with van der Waals surface area (Å²) < 4.78 is 26.4. The van der Waals surface area contributed by atoms with E-state index in [9.17, 15) is 8.78 Å². The zero-order valence-corrected chi connectivity index (χ0v) is 11.4. The van der Waals surface area contributed by atoms with Crippen molar-refractivity contribution in [1.82, 2.24) is 5.32 Å². The molecule has 0 amide bonds. The van der Waals surface area contributed by atoms with Crippen LogP contribution >= 0.6 is 11.6 Å². The van der Waals surface area contributed by atoms with E-state index in [4.69, 9.17) is 11.6 Å². The molecule has 18 heavy (non-hydrogen) atoms. The molecule has 0 spiro atoms. The number of nitrogens with one attached hydrogen (secondary N) is 1. The molecule has 0 aromatic heterocycles. The first-order valence-electron chi connectivity index (χ1n) is 6.42. The van der Waals surface area contributed by atoms with E-state index in [1.54, 1.807) is 0 Å². The van der Waals surface area contributed by atoms with Gasteiger partial charge >= 0.3 is 0 Å². The van der Waals surface area contributed by atoms with Gasteiger partial charge in [0.1, 0.15) is 0 Å². The summed E-state index contributed by atoms with van der Waals surface area (Å²) in [5, 5.41) is 3.70. The molecule has 1 aromatic rings. The number of hydrogen-bond acceptors (Lipinski definition) is 1. The van der Waals surface area contributed by atoms with Crippen molar-refractivity contribution in [3.63, 3.8) is 0 Å². The van der Waals surface area contributed by atoms with Gasteiger partial charge in [0.15, 0.2) is 11.6 Å². The van der Waals surface area contributed by atoms with Crippen LogP contribution in [-0.4, -0.2) is 6.54 Å². The Bertz CT molecular complexity index is 436. The number of hydrogen-bond donors (Lipinski definition) is 1. The molecule has 2 rings (SSSR count). The van der Waals surface area contributed by atoms with Crippen molar-refractivity contribution in [1.29, 1.82) is 0 Å². The van der Waals surface area contributed by atoms with Crippen LogP contribution in [0, 0.1) is 23.5 Å². The third kappa shape index (κ3) is 2.83. The molecule has 0 heterocycles. The fraction of sp³-hybridized carbons (Fsp3) is 0.571. The van der Waals surface area contributed by atoms with E-state index in [0.717, 1.165) is 25.5 Å². The zero-order chi connectivity index (χ0) is 13.3. The van der Waals surface area contributed by atoms with Gasteiger partial charge in [0.25, 0.3) is 0 Å². The smallest absolute Gasteiger partial charge is 0.160 e. The molecule has 0 radical (unpaired) electrons. The molecular weight excluding hydrogens is 256 g/mol. The second-order valence-corrected chi connectivity index (χ2v) is 5.50. The van der Waals surface area contributed by atoms with Crippen LogP contribution in [-0.2, 0) is 0 Å². The average Bonchev–Trinajstić information content (AvgIpc) is 3.03. The fourth-order valence-corrected chi connectivity index (χ4v) is 2.65. The molecule has 1 aromatic carbocycles. The van der Waals surface area contributed by atoms with Gasteiger partial charge in [0.2, 0.25) is 0 Å². The van der Waals surface area contributed by atoms with Crippen LogP contribution in [0.25, 0.3) is 0 Å². The minimum absolute atomic E-state index is 0.0301. The molecule has 1 N–H and O–H groups in total. The Morgan fingerprint density at radius 1 is 1.39 bits per heavy atom. The van der Waals surface area contributed by atoms with Crippen molar-refractivity contribution in [3.8, 4) is 0 Å². The predicted octanol–water partition coefficient (Wildman–Crippen LogP) is 4.31. The van der Waals surface area contributed by atoms with Crippen LogP contribution in [0.4, 0.5) is 8.78 Å². The van der Waals surface area contributed by atoms with E-state index in [-0.39, 0.29) is 6.04 Å². The topological polar surface area (TPSA) is 12.0 Å². The Hall–Kier alpha value is -0.670. The molecule has 1 fully saturated rings. The van der Waals surface area contributed by atoms with Crippen LogP contribution in [0.15, 0.2) is 12.1 Å².